The van der Waals surface area contributed by atoms with Gasteiger partial charge in [-0.25, -0.2) is 0 Å². The Labute approximate surface area is 409 Å². The van der Waals surface area contributed by atoms with E-state index in [4.69, 9.17) is 18.9 Å². The van der Waals surface area contributed by atoms with E-state index in [0.29, 0.717) is 56.9 Å². The van der Waals surface area contributed by atoms with E-state index in [-0.39, 0.29) is 66.6 Å². The molecule has 1 aromatic heterocycles. The standard InChI is InChI=1S/C53H81N5O11/c1-32-16-12-11-13-17-33(2)46(66-8)30-41-21-19-38(7)53(65,69-41)51(63)52(64)57-23-15-14-18-42(57)45(60)29-40(34(3)26-39-20-22-43(47(27-39)67-9)58-55-31-54-56-58)28-44(59)35(4)25-37(6)49(62)50(68-10)48(61)36(5)24-32/h11-13,16-17,25,31-32,34-36,38-43,46-47,49-50,62,65H,14-15,18-24,26-30H2,1-10H3/b13-11?,16-12+,33-17?,37-25+/t32-,34-,35-,36-,38-,39+,40-,41+,42+,43+,46+,47-,49-,50+,53-/m1/s1. The molecule has 3 aliphatic heterocycles. The fraction of sp³-hybridized carbons (Fsp3) is 0.736. The molecule has 4 heterocycles. The Bertz CT molecular complexity index is 2020. The summed E-state index contributed by atoms with van der Waals surface area (Å²) in [6.07, 6.45) is 15.7. The summed E-state index contributed by atoms with van der Waals surface area (Å²) in [5.74, 6) is -7.10. The molecule has 15 atom stereocenters. The van der Waals surface area contributed by atoms with Crippen LogP contribution in [0.25, 0.3) is 0 Å². The lowest BCUT2D eigenvalue weighted by Crippen LogP contribution is -2.60. The Hall–Kier alpha value is -4.06. The largest absolute Gasteiger partial charge is 0.386 e. The summed E-state index contributed by atoms with van der Waals surface area (Å²) >= 11 is 0. The molecule has 16 heteroatoms. The number of rotatable bonds is 7. The van der Waals surface area contributed by atoms with Gasteiger partial charge in [0.1, 0.15) is 18.0 Å². The summed E-state index contributed by atoms with van der Waals surface area (Å²) in [5, 5.41) is 35.8. The second-order valence-corrected chi connectivity index (χ2v) is 20.8. The van der Waals surface area contributed by atoms with Gasteiger partial charge in [0.15, 0.2) is 17.9 Å². The van der Waals surface area contributed by atoms with E-state index in [1.54, 1.807) is 45.9 Å². The van der Waals surface area contributed by atoms with Gasteiger partial charge in [-0.1, -0.05) is 71.1 Å². The zero-order valence-corrected chi connectivity index (χ0v) is 42.8. The van der Waals surface area contributed by atoms with Gasteiger partial charge in [0.2, 0.25) is 5.79 Å². The molecule has 1 saturated carbocycles. The highest BCUT2D eigenvalue weighted by Gasteiger charge is 2.53. The molecule has 384 valence electrons. The number of tetrazole rings is 1. The number of fused-ring (bicyclic) bond motifs is 3. The summed E-state index contributed by atoms with van der Waals surface area (Å²) < 4.78 is 23.6. The number of methoxy groups -OCH3 is 3. The molecule has 0 aromatic carbocycles. The van der Waals surface area contributed by atoms with Crippen molar-refractivity contribution in [3.63, 3.8) is 0 Å². The van der Waals surface area contributed by atoms with E-state index in [0.717, 1.165) is 24.8 Å². The van der Waals surface area contributed by atoms with Crippen LogP contribution < -0.4 is 0 Å². The molecular weight excluding hydrogens is 883 g/mol. The summed E-state index contributed by atoms with van der Waals surface area (Å²) in [7, 11) is 4.67. The zero-order chi connectivity index (χ0) is 50.6. The van der Waals surface area contributed by atoms with Crippen LogP contribution in [0.2, 0.25) is 0 Å². The lowest BCUT2D eigenvalue weighted by atomic mass is 9.73. The van der Waals surface area contributed by atoms with Crippen LogP contribution in [-0.4, -0.2) is 135 Å². The minimum absolute atomic E-state index is 0.00896. The smallest absolute Gasteiger partial charge is 0.296 e. The van der Waals surface area contributed by atoms with Crippen molar-refractivity contribution in [2.24, 2.45) is 41.4 Å². The van der Waals surface area contributed by atoms with Gasteiger partial charge in [0.05, 0.1) is 30.4 Å². The van der Waals surface area contributed by atoms with Gasteiger partial charge in [-0.15, -0.1) is 10.2 Å². The number of hydrogen-bond donors (Lipinski definition) is 2. The summed E-state index contributed by atoms with van der Waals surface area (Å²) in [4.78, 5) is 74.4. The van der Waals surface area contributed by atoms with Gasteiger partial charge in [-0.3, -0.25) is 24.0 Å². The molecule has 4 aliphatic rings. The van der Waals surface area contributed by atoms with Gasteiger partial charge in [0, 0.05) is 64.9 Å². The molecule has 5 rings (SSSR count). The van der Waals surface area contributed by atoms with Crippen LogP contribution in [0, 0.1) is 41.4 Å². The number of Topliss-reactive ketones (excluding diaryl/α,β-unsaturated/α-hetero) is 4. The van der Waals surface area contributed by atoms with Crippen molar-refractivity contribution in [1.82, 2.24) is 25.1 Å². The Morgan fingerprint density at radius 2 is 1.59 bits per heavy atom. The topological polar surface area (TPSA) is 210 Å². The van der Waals surface area contributed by atoms with E-state index >= 15 is 0 Å². The number of carbonyl (C=O) groups excluding carboxylic acids is 5. The maximum atomic E-state index is 14.7. The van der Waals surface area contributed by atoms with Crippen LogP contribution in [0.3, 0.4) is 0 Å². The van der Waals surface area contributed by atoms with Crippen LogP contribution in [0.5, 0.6) is 0 Å². The number of allylic oxidation sites excluding steroid dienone is 6. The van der Waals surface area contributed by atoms with Crippen molar-refractivity contribution in [2.75, 3.05) is 27.9 Å². The quantitative estimate of drug-likeness (QED) is 0.215. The number of carbonyl (C=O) groups is 5. The predicted molar refractivity (Wildman–Crippen MR) is 259 cm³/mol. The molecule has 0 radical (unpaired) electrons. The number of aliphatic hydroxyl groups is 2. The number of aromatic nitrogens is 4. The molecule has 1 amide bonds. The van der Waals surface area contributed by atoms with Crippen molar-refractivity contribution >= 4 is 29.0 Å². The monoisotopic (exact) mass is 964 g/mol. The SMILES string of the molecule is CO[C@H]1C[C@@H]2CC[C@@H](C)[C@@](O)(O2)C(=O)C(=O)N2CCCC[C@H]2C(=O)C[C@H]([C@H](C)C[C@@H]2CC[C@H](n3ncnn3)[C@H](OC)C2)CC(=O)[C@H](C)/C=C(\C)[C@@H](O)[C@@H](OC)C(=O)[C@H](C)C[C@H](C)/C=C/C=CC=C1C. The predicted octanol–water partition coefficient (Wildman–Crippen LogP) is 6.71. The lowest BCUT2D eigenvalue weighted by molar-refractivity contribution is -0.265. The van der Waals surface area contributed by atoms with Crippen molar-refractivity contribution < 1.29 is 53.1 Å². The van der Waals surface area contributed by atoms with Crippen LogP contribution in [0.4, 0.5) is 0 Å². The average Bonchev–Trinajstić information content (AvgIpc) is 3.88. The normalized spacial score (nSPS) is 37.7. The highest BCUT2D eigenvalue weighted by Crippen LogP contribution is 2.40. The minimum Gasteiger partial charge on any atom is -0.386 e. The fourth-order valence-corrected chi connectivity index (χ4v) is 11.2. The van der Waals surface area contributed by atoms with Gasteiger partial charge in [-0.05, 0) is 118 Å². The first-order valence-corrected chi connectivity index (χ1v) is 25.4. The van der Waals surface area contributed by atoms with E-state index < -0.39 is 71.6 Å². The van der Waals surface area contributed by atoms with Gasteiger partial charge in [0.25, 0.3) is 11.7 Å². The Kier molecular flexibility index (Phi) is 20.9. The molecule has 2 N–H and O–H groups in total. The third-order valence-corrected chi connectivity index (χ3v) is 15.7. The number of nitrogens with zero attached hydrogens (tertiary/aromatic N) is 5. The Balaban J connectivity index is 1.46. The summed E-state index contributed by atoms with van der Waals surface area (Å²) in [6.45, 7) is 13.2. The second-order valence-electron chi connectivity index (χ2n) is 20.8. The number of ether oxygens (including phenoxy) is 4. The fourth-order valence-electron chi connectivity index (χ4n) is 11.2. The third-order valence-electron chi connectivity index (χ3n) is 15.7. The molecule has 3 fully saturated rings. The van der Waals surface area contributed by atoms with Gasteiger partial charge in [-0.2, -0.15) is 4.80 Å². The number of piperidine rings is 1. The van der Waals surface area contributed by atoms with E-state index in [1.165, 1.54) is 18.3 Å². The molecule has 1 aromatic rings. The molecule has 0 unspecified atom stereocenters. The lowest BCUT2D eigenvalue weighted by Gasteiger charge is -2.43. The van der Waals surface area contributed by atoms with E-state index in [1.807, 2.05) is 51.2 Å². The Morgan fingerprint density at radius 1 is 0.855 bits per heavy atom. The number of amides is 1. The minimum atomic E-state index is -2.39. The molecule has 1 aliphatic carbocycles. The van der Waals surface area contributed by atoms with E-state index in [9.17, 15) is 34.2 Å². The third kappa shape index (κ3) is 14.3. The van der Waals surface area contributed by atoms with Gasteiger partial charge >= 0.3 is 0 Å². The number of ketones is 4. The van der Waals surface area contributed by atoms with Crippen LogP contribution in [0.15, 0.2) is 53.9 Å². The molecule has 2 bridgehead atoms. The van der Waals surface area contributed by atoms with Crippen LogP contribution in [0.1, 0.15) is 138 Å². The molecule has 16 nitrogen and oxygen atoms in total. The van der Waals surface area contributed by atoms with Gasteiger partial charge < -0.3 is 34.1 Å². The number of aliphatic hydroxyl groups excluding tert-OH is 1. The molecule has 0 spiro atoms. The van der Waals surface area contributed by atoms with E-state index in [2.05, 4.69) is 22.3 Å². The zero-order valence-electron chi connectivity index (χ0n) is 42.8. The first-order chi connectivity index (χ1) is 32.8. The van der Waals surface area contributed by atoms with Crippen LogP contribution in [-0.2, 0) is 42.9 Å². The van der Waals surface area contributed by atoms with Crippen molar-refractivity contribution in [2.45, 2.75) is 180 Å². The maximum absolute atomic E-state index is 14.7. The number of hydrogen-bond acceptors (Lipinski definition) is 14. The van der Waals surface area contributed by atoms with Crippen LogP contribution >= 0.6 is 0 Å². The maximum Gasteiger partial charge on any atom is 0.296 e. The molecule has 2 saturated heterocycles. The highest BCUT2D eigenvalue weighted by molar-refractivity contribution is 6.39. The second kappa shape index (κ2) is 25.9. The molecular formula is C53H81N5O11. The van der Waals surface area contributed by atoms with Crippen molar-refractivity contribution in [3.8, 4) is 0 Å². The molecule has 69 heavy (non-hydrogen) atoms. The average molecular weight is 964 g/mol. The highest BCUT2D eigenvalue weighted by atomic mass is 16.6. The first-order valence-electron chi connectivity index (χ1n) is 25.4. The first kappa shape index (κ1) is 55.9. The summed E-state index contributed by atoms with van der Waals surface area (Å²) in [6, 6.07) is -0.990. The summed E-state index contributed by atoms with van der Waals surface area (Å²) in [5.41, 5.74) is 1.32. The Morgan fingerprint density at radius 3 is 2.28 bits per heavy atom. The van der Waals surface area contributed by atoms with Crippen molar-refractivity contribution in [1.29, 1.82) is 0 Å². The van der Waals surface area contributed by atoms with Crippen molar-refractivity contribution in [3.05, 3.63) is 53.9 Å².